The minimum Gasteiger partial charge on any atom is -0.336 e. The zero-order valence-corrected chi connectivity index (χ0v) is 11.1. The molecular weight excluding hydrogens is 293 g/mol. The Morgan fingerprint density at radius 1 is 1.58 bits per heavy atom. The molecule has 0 aliphatic rings. The molecule has 1 aromatic carbocycles. The molecular formula is C10H9ClFN5OS. The van der Waals surface area contributed by atoms with Gasteiger partial charge in [-0.2, -0.15) is 0 Å². The summed E-state index contributed by atoms with van der Waals surface area (Å²) in [6.07, 6.45) is 1.33. The van der Waals surface area contributed by atoms with Crippen molar-refractivity contribution in [3.63, 3.8) is 0 Å². The molecule has 1 aromatic heterocycles. The number of nitrogens with zero attached hydrogens (tertiary/aromatic N) is 3. The predicted molar refractivity (Wildman–Crippen MR) is 70.9 cm³/mol. The number of hydrogen-bond acceptors (Lipinski definition) is 5. The van der Waals surface area contributed by atoms with E-state index in [2.05, 4.69) is 15.5 Å². The number of aromatic nitrogens is 3. The average molecular weight is 302 g/mol. The molecule has 0 atom stereocenters. The molecule has 9 heteroatoms. The van der Waals surface area contributed by atoms with E-state index in [1.807, 2.05) is 0 Å². The van der Waals surface area contributed by atoms with Gasteiger partial charge in [0.2, 0.25) is 11.1 Å². The molecule has 0 saturated carbocycles. The normalized spacial score (nSPS) is 10.4. The second-order valence-electron chi connectivity index (χ2n) is 3.48. The fraction of sp³-hybridized carbons (Fsp3) is 0.100. The van der Waals surface area contributed by atoms with Crippen LogP contribution in [0.1, 0.15) is 0 Å². The van der Waals surface area contributed by atoms with E-state index in [9.17, 15) is 9.18 Å². The first kappa shape index (κ1) is 13.6. The van der Waals surface area contributed by atoms with Crippen LogP contribution in [0.4, 0.5) is 10.1 Å². The third kappa shape index (κ3) is 3.58. The third-order valence-electron chi connectivity index (χ3n) is 2.08. The van der Waals surface area contributed by atoms with Crippen molar-refractivity contribution in [1.29, 1.82) is 0 Å². The Morgan fingerprint density at radius 2 is 2.37 bits per heavy atom. The molecule has 0 unspecified atom stereocenters. The maximum Gasteiger partial charge on any atom is 0.234 e. The topological polar surface area (TPSA) is 85.8 Å². The van der Waals surface area contributed by atoms with Crippen LogP contribution in [0, 0.1) is 5.82 Å². The molecule has 19 heavy (non-hydrogen) atoms. The van der Waals surface area contributed by atoms with E-state index >= 15 is 0 Å². The van der Waals surface area contributed by atoms with E-state index in [1.165, 1.54) is 23.1 Å². The Kier molecular flexibility index (Phi) is 4.23. The Morgan fingerprint density at radius 3 is 3.00 bits per heavy atom. The summed E-state index contributed by atoms with van der Waals surface area (Å²) in [5.41, 5.74) is 0.350. The monoisotopic (exact) mass is 301 g/mol. The van der Waals surface area contributed by atoms with Gasteiger partial charge >= 0.3 is 0 Å². The van der Waals surface area contributed by atoms with Crippen LogP contribution in [-0.4, -0.2) is 26.5 Å². The summed E-state index contributed by atoms with van der Waals surface area (Å²) in [5, 5.41) is 10.4. The molecule has 0 radical (unpaired) electrons. The summed E-state index contributed by atoms with van der Waals surface area (Å²) in [6, 6.07) is 3.73. The lowest BCUT2D eigenvalue weighted by Crippen LogP contribution is -2.16. The fourth-order valence-corrected chi connectivity index (χ4v) is 2.09. The van der Waals surface area contributed by atoms with E-state index in [-0.39, 0.29) is 16.7 Å². The van der Waals surface area contributed by atoms with Crippen LogP contribution in [0.25, 0.3) is 0 Å². The SMILES string of the molecule is Nn1cnnc1SCC(=O)Nc1ccc(F)cc1Cl. The molecule has 1 amide bonds. The number of amides is 1. The highest BCUT2D eigenvalue weighted by atomic mass is 35.5. The molecule has 100 valence electrons. The maximum absolute atomic E-state index is 12.8. The van der Waals surface area contributed by atoms with Gasteiger partial charge in [0, 0.05) is 0 Å². The Labute approximate surface area is 117 Å². The van der Waals surface area contributed by atoms with Gasteiger partial charge in [0.25, 0.3) is 0 Å². The van der Waals surface area contributed by atoms with E-state index < -0.39 is 5.82 Å². The van der Waals surface area contributed by atoms with Crippen LogP contribution in [-0.2, 0) is 4.79 Å². The number of carbonyl (C=O) groups is 1. The van der Waals surface area contributed by atoms with Crippen molar-refractivity contribution in [2.24, 2.45) is 0 Å². The van der Waals surface area contributed by atoms with Gasteiger partial charge in [-0.3, -0.25) is 4.79 Å². The highest BCUT2D eigenvalue weighted by Crippen LogP contribution is 2.23. The van der Waals surface area contributed by atoms with Gasteiger partial charge in [0.05, 0.1) is 16.5 Å². The van der Waals surface area contributed by atoms with Gasteiger partial charge in [-0.1, -0.05) is 23.4 Å². The second kappa shape index (κ2) is 5.89. The summed E-state index contributed by atoms with van der Waals surface area (Å²) in [7, 11) is 0. The van der Waals surface area contributed by atoms with Gasteiger partial charge in [-0.15, -0.1) is 10.2 Å². The van der Waals surface area contributed by atoms with Gasteiger partial charge in [-0.25, -0.2) is 9.07 Å². The minimum absolute atomic E-state index is 0.0869. The quantitative estimate of drug-likeness (QED) is 0.660. The first-order chi connectivity index (χ1) is 9.06. The van der Waals surface area contributed by atoms with Crippen LogP contribution in [0.5, 0.6) is 0 Å². The van der Waals surface area contributed by atoms with Crippen LogP contribution in [0.3, 0.4) is 0 Å². The number of nitrogen functional groups attached to an aromatic ring is 1. The lowest BCUT2D eigenvalue weighted by atomic mass is 10.3. The van der Waals surface area contributed by atoms with Crippen molar-refractivity contribution >= 4 is 35.0 Å². The van der Waals surface area contributed by atoms with E-state index in [0.29, 0.717) is 10.8 Å². The molecule has 3 N–H and O–H groups in total. The Hall–Kier alpha value is -1.80. The van der Waals surface area contributed by atoms with E-state index in [4.69, 9.17) is 17.4 Å². The van der Waals surface area contributed by atoms with Gasteiger partial charge < -0.3 is 11.2 Å². The molecule has 2 aromatic rings. The summed E-state index contributed by atoms with van der Waals surface area (Å²) in [5.74, 6) is 4.81. The number of benzene rings is 1. The fourth-order valence-electron chi connectivity index (χ4n) is 1.24. The molecule has 0 saturated heterocycles. The highest BCUT2D eigenvalue weighted by molar-refractivity contribution is 7.99. The molecule has 2 rings (SSSR count). The highest BCUT2D eigenvalue weighted by Gasteiger charge is 2.09. The van der Waals surface area contributed by atoms with Crippen LogP contribution < -0.4 is 11.2 Å². The van der Waals surface area contributed by atoms with E-state index in [1.54, 1.807) is 0 Å². The largest absolute Gasteiger partial charge is 0.336 e. The summed E-state index contributed by atoms with van der Waals surface area (Å²) in [4.78, 5) is 11.7. The number of nitrogens with one attached hydrogen (secondary N) is 1. The smallest absolute Gasteiger partial charge is 0.234 e. The number of carbonyl (C=O) groups excluding carboxylic acids is 1. The predicted octanol–water partition coefficient (Wildman–Crippen LogP) is 1.52. The number of thioether (sulfide) groups is 1. The third-order valence-corrected chi connectivity index (χ3v) is 3.35. The molecule has 0 aliphatic heterocycles. The number of anilines is 1. The summed E-state index contributed by atoms with van der Waals surface area (Å²) in [6.45, 7) is 0. The number of nitrogens with two attached hydrogens (primary N) is 1. The number of hydrogen-bond donors (Lipinski definition) is 2. The molecule has 0 spiro atoms. The van der Waals surface area contributed by atoms with Crippen molar-refractivity contribution in [3.05, 3.63) is 35.4 Å². The standard InChI is InChI=1S/C10H9ClFN5OS/c11-7-3-6(12)1-2-8(7)15-9(18)4-19-10-16-14-5-17(10)13/h1-3,5H,4,13H2,(H,15,18). The zero-order valence-electron chi connectivity index (χ0n) is 9.51. The molecule has 6 nitrogen and oxygen atoms in total. The van der Waals surface area contributed by atoms with Crippen molar-refractivity contribution < 1.29 is 9.18 Å². The van der Waals surface area contributed by atoms with Gasteiger partial charge in [-0.05, 0) is 18.2 Å². The van der Waals surface area contributed by atoms with Crippen molar-refractivity contribution in [1.82, 2.24) is 14.9 Å². The lowest BCUT2D eigenvalue weighted by molar-refractivity contribution is -0.113. The number of rotatable bonds is 4. The summed E-state index contributed by atoms with van der Waals surface area (Å²) < 4.78 is 14.0. The van der Waals surface area contributed by atoms with E-state index in [0.717, 1.165) is 17.8 Å². The van der Waals surface area contributed by atoms with Crippen molar-refractivity contribution in [2.45, 2.75) is 5.16 Å². The lowest BCUT2D eigenvalue weighted by Gasteiger charge is -2.06. The van der Waals surface area contributed by atoms with Crippen LogP contribution >= 0.6 is 23.4 Å². The van der Waals surface area contributed by atoms with Crippen LogP contribution in [0.2, 0.25) is 5.02 Å². The Bertz CT molecular complexity index is 605. The summed E-state index contributed by atoms with van der Waals surface area (Å²) >= 11 is 6.92. The molecule has 0 bridgehead atoms. The number of halogens is 2. The zero-order chi connectivity index (χ0) is 13.8. The second-order valence-corrected chi connectivity index (χ2v) is 4.83. The average Bonchev–Trinajstić information content (AvgIpc) is 2.76. The van der Waals surface area contributed by atoms with Crippen molar-refractivity contribution in [2.75, 3.05) is 16.9 Å². The molecule has 0 fully saturated rings. The van der Waals surface area contributed by atoms with Crippen molar-refractivity contribution in [3.8, 4) is 0 Å². The molecule has 1 heterocycles. The van der Waals surface area contributed by atoms with Crippen LogP contribution in [0.15, 0.2) is 29.7 Å². The van der Waals surface area contributed by atoms with Gasteiger partial charge in [0.1, 0.15) is 12.1 Å². The Balaban J connectivity index is 1.93. The maximum atomic E-state index is 12.8. The van der Waals surface area contributed by atoms with Gasteiger partial charge in [0.15, 0.2) is 0 Å². The first-order valence-electron chi connectivity index (χ1n) is 5.09. The first-order valence-corrected chi connectivity index (χ1v) is 6.45. The minimum atomic E-state index is -0.464. The molecule has 0 aliphatic carbocycles.